The smallest absolute Gasteiger partial charge is 0.260 e. The SMILES string of the molecule is CC(Oc1ccc(Cl)cc1Br)C(=O)NCCc1n[nH]c(=S)n1C. The van der Waals surface area contributed by atoms with E-state index in [0.29, 0.717) is 33.0 Å². The monoisotopic (exact) mass is 418 g/mol. The Morgan fingerprint density at radius 3 is 2.96 bits per heavy atom. The number of H-pyrrole nitrogens is 1. The average molecular weight is 420 g/mol. The first-order valence-corrected chi connectivity index (χ1v) is 8.46. The maximum atomic E-state index is 12.1. The third-order valence-electron chi connectivity index (χ3n) is 3.19. The minimum Gasteiger partial charge on any atom is -0.480 e. The molecule has 0 aliphatic heterocycles. The standard InChI is InChI=1S/C14H16BrClN4O2S/c1-8(22-11-4-3-9(16)7-10(11)15)13(21)17-6-5-12-18-19-14(23)20(12)2/h3-4,7-8H,5-6H2,1-2H3,(H,17,21)(H,19,23). The summed E-state index contributed by atoms with van der Waals surface area (Å²) in [4.78, 5) is 12.1. The van der Waals surface area contributed by atoms with Gasteiger partial charge < -0.3 is 14.6 Å². The van der Waals surface area contributed by atoms with Crippen LogP contribution in [0.15, 0.2) is 22.7 Å². The summed E-state index contributed by atoms with van der Waals surface area (Å²) in [7, 11) is 1.83. The second-order valence-corrected chi connectivity index (χ2v) is 6.56. The zero-order valence-electron chi connectivity index (χ0n) is 12.6. The summed E-state index contributed by atoms with van der Waals surface area (Å²) in [6, 6.07) is 5.13. The number of aromatic nitrogens is 3. The number of carbonyl (C=O) groups excluding carboxylic acids is 1. The van der Waals surface area contributed by atoms with Crippen LogP contribution in [0.25, 0.3) is 0 Å². The van der Waals surface area contributed by atoms with Gasteiger partial charge in [0.25, 0.3) is 5.91 Å². The third-order valence-corrected chi connectivity index (χ3v) is 4.41. The van der Waals surface area contributed by atoms with Crippen molar-refractivity contribution in [3.05, 3.63) is 38.3 Å². The van der Waals surface area contributed by atoms with Crippen LogP contribution in [0.2, 0.25) is 5.02 Å². The molecule has 0 aliphatic carbocycles. The Labute approximate surface area is 152 Å². The van der Waals surface area contributed by atoms with Crippen molar-refractivity contribution in [1.82, 2.24) is 20.1 Å². The van der Waals surface area contributed by atoms with Gasteiger partial charge in [-0.3, -0.25) is 9.89 Å². The van der Waals surface area contributed by atoms with Crippen LogP contribution in [0.5, 0.6) is 5.75 Å². The molecule has 124 valence electrons. The fourth-order valence-corrected chi connectivity index (χ4v) is 2.79. The van der Waals surface area contributed by atoms with Crippen LogP contribution in [-0.2, 0) is 18.3 Å². The molecule has 0 aliphatic rings. The summed E-state index contributed by atoms with van der Waals surface area (Å²) in [5, 5.41) is 10.2. The van der Waals surface area contributed by atoms with E-state index >= 15 is 0 Å². The lowest BCUT2D eigenvalue weighted by Crippen LogP contribution is -2.37. The molecule has 0 radical (unpaired) electrons. The zero-order valence-corrected chi connectivity index (χ0v) is 15.8. The number of rotatable bonds is 6. The van der Waals surface area contributed by atoms with E-state index in [1.165, 1.54) is 0 Å². The molecule has 2 rings (SSSR count). The molecule has 6 nitrogen and oxygen atoms in total. The maximum Gasteiger partial charge on any atom is 0.260 e. The molecule has 23 heavy (non-hydrogen) atoms. The van der Waals surface area contributed by atoms with Gasteiger partial charge in [-0.2, -0.15) is 5.10 Å². The summed E-state index contributed by atoms with van der Waals surface area (Å²) in [5.74, 6) is 1.14. The molecule has 0 fully saturated rings. The fraction of sp³-hybridized carbons (Fsp3) is 0.357. The molecule has 1 unspecified atom stereocenters. The van der Waals surface area contributed by atoms with Crippen molar-refractivity contribution in [2.24, 2.45) is 7.05 Å². The van der Waals surface area contributed by atoms with Gasteiger partial charge in [-0.1, -0.05) is 11.6 Å². The fourth-order valence-electron chi connectivity index (χ4n) is 1.86. The van der Waals surface area contributed by atoms with Gasteiger partial charge in [0.1, 0.15) is 11.6 Å². The Morgan fingerprint density at radius 1 is 1.61 bits per heavy atom. The van der Waals surface area contributed by atoms with Gasteiger partial charge >= 0.3 is 0 Å². The first-order chi connectivity index (χ1) is 10.9. The molecule has 0 spiro atoms. The Morgan fingerprint density at radius 2 is 2.35 bits per heavy atom. The maximum absolute atomic E-state index is 12.1. The Balaban J connectivity index is 1.85. The van der Waals surface area contributed by atoms with Gasteiger partial charge in [-0.15, -0.1) is 0 Å². The van der Waals surface area contributed by atoms with Crippen LogP contribution in [-0.4, -0.2) is 33.3 Å². The lowest BCUT2D eigenvalue weighted by Gasteiger charge is -2.15. The normalized spacial score (nSPS) is 12.0. The second kappa shape index (κ2) is 7.94. The highest BCUT2D eigenvalue weighted by Crippen LogP contribution is 2.28. The van der Waals surface area contributed by atoms with E-state index in [9.17, 15) is 4.79 Å². The Hall–Kier alpha value is -1.38. The molecule has 2 N–H and O–H groups in total. The number of hydrogen-bond donors (Lipinski definition) is 2. The van der Waals surface area contributed by atoms with Gasteiger partial charge in [0.2, 0.25) is 0 Å². The lowest BCUT2D eigenvalue weighted by atomic mass is 10.3. The third kappa shape index (κ3) is 4.79. The first kappa shape index (κ1) is 18.0. The summed E-state index contributed by atoms with van der Waals surface area (Å²) >= 11 is 14.3. The van der Waals surface area contributed by atoms with Crippen LogP contribution < -0.4 is 10.1 Å². The van der Waals surface area contributed by atoms with Crippen LogP contribution >= 0.6 is 39.7 Å². The molecular formula is C14H16BrClN4O2S. The second-order valence-electron chi connectivity index (χ2n) is 4.88. The summed E-state index contributed by atoms with van der Waals surface area (Å²) in [6.45, 7) is 2.13. The van der Waals surface area contributed by atoms with E-state index in [0.717, 1.165) is 5.82 Å². The number of nitrogens with one attached hydrogen (secondary N) is 2. The zero-order chi connectivity index (χ0) is 17.0. The highest BCUT2D eigenvalue weighted by atomic mass is 79.9. The van der Waals surface area contributed by atoms with E-state index < -0.39 is 6.10 Å². The van der Waals surface area contributed by atoms with Gasteiger partial charge in [0.15, 0.2) is 10.9 Å². The van der Waals surface area contributed by atoms with Crippen molar-refractivity contribution >= 4 is 45.7 Å². The van der Waals surface area contributed by atoms with Gasteiger partial charge in [-0.25, -0.2) is 0 Å². The molecule has 9 heteroatoms. The van der Waals surface area contributed by atoms with Crippen molar-refractivity contribution in [3.8, 4) is 5.75 Å². The number of ether oxygens (including phenoxy) is 1. The number of amides is 1. The molecule has 0 saturated heterocycles. The van der Waals surface area contributed by atoms with E-state index in [1.807, 2.05) is 7.05 Å². The average Bonchev–Trinajstić information content (AvgIpc) is 2.82. The number of nitrogens with zero attached hydrogens (tertiary/aromatic N) is 2. The largest absolute Gasteiger partial charge is 0.480 e. The number of aromatic amines is 1. The highest BCUT2D eigenvalue weighted by molar-refractivity contribution is 9.10. The predicted molar refractivity (Wildman–Crippen MR) is 94.3 cm³/mol. The van der Waals surface area contributed by atoms with Gasteiger partial charge in [0, 0.05) is 25.0 Å². The molecular weight excluding hydrogens is 404 g/mol. The van der Waals surface area contributed by atoms with Gasteiger partial charge in [-0.05, 0) is 53.3 Å². The lowest BCUT2D eigenvalue weighted by molar-refractivity contribution is -0.127. The van der Waals surface area contributed by atoms with E-state index in [4.69, 9.17) is 28.6 Å². The number of carbonyl (C=O) groups is 1. The van der Waals surface area contributed by atoms with Crippen molar-refractivity contribution in [2.45, 2.75) is 19.4 Å². The Kier molecular flexibility index (Phi) is 6.20. The molecule has 1 aromatic heterocycles. The molecule has 1 aromatic carbocycles. The minimum atomic E-state index is -0.630. The van der Waals surface area contributed by atoms with Crippen molar-refractivity contribution < 1.29 is 9.53 Å². The Bertz CT molecular complexity index is 761. The molecule has 1 atom stereocenters. The van der Waals surface area contributed by atoms with Crippen molar-refractivity contribution in [1.29, 1.82) is 0 Å². The summed E-state index contributed by atoms with van der Waals surface area (Å²) < 4.78 is 8.65. The summed E-state index contributed by atoms with van der Waals surface area (Å²) in [6.07, 6.45) is -0.0536. The number of hydrogen-bond acceptors (Lipinski definition) is 4. The van der Waals surface area contributed by atoms with Crippen LogP contribution in [0.3, 0.4) is 0 Å². The molecule has 1 heterocycles. The predicted octanol–water partition coefficient (Wildman–Crippen LogP) is 3.02. The van der Waals surface area contributed by atoms with Crippen molar-refractivity contribution in [3.63, 3.8) is 0 Å². The number of halogens is 2. The first-order valence-electron chi connectivity index (χ1n) is 6.88. The number of benzene rings is 1. The molecule has 0 bridgehead atoms. The minimum absolute atomic E-state index is 0.205. The van der Waals surface area contributed by atoms with Gasteiger partial charge in [0.05, 0.1) is 4.47 Å². The molecule has 2 aromatic rings. The summed E-state index contributed by atoms with van der Waals surface area (Å²) in [5.41, 5.74) is 0. The van der Waals surface area contributed by atoms with Crippen LogP contribution in [0.1, 0.15) is 12.7 Å². The highest BCUT2D eigenvalue weighted by Gasteiger charge is 2.16. The van der Waals surface area contributed by atoms with Crippen LogP contribution in [0.4, 0.5) is 0 Å². The topological polar surface area (TPSA) is 71.9 Å². The van der Waals surface area contributed by atoms with Crippen LogP contribution in [0, 0.1) is 4.77 Å². The quantitative estimate of drug-likeness (QED) is 0.706. The molecule has 0 saturated carbocycles. The van der Waals surface area contributed by atoms with E-state index in [2.05, 4.69) is 31.4 Å². The van der Waals surface area contributed by atoms with E-state index in [-0.39, 0.29) is 5.91 Å². The molecule has 1 amide bonds. The van der Waals surface area contributed by atoms with E-state index in [1.54, 1.807) is 29.7 Å². The van der Waals surface area contributed by atoms with Crippen molar-refractivity contribution in [2.75, 3.05) is 6.54 Å².